The number of hydrazine groups is 1. The van der Waals surface area contributed by atoms with Crippen LogP contribution in [0.4, 0.5) is 5.69 Å². The van der Waals surface area contributed by atoms with E-state index < -0.39 is 27.4 Å². The number of carbonyl (C=O) groups excluding carboxylic acids is 2. The Bertz CT molecular complexity index is 1320. The second-order valence-corrected chi connectivity index (χ2v) is 8.22. The van der Waals surface area contributed by atoms with Crippen LogP contribution in [0.15, 0.2) is 64.3 Å². The van der Waals surface area contributed by atoms with E-state index in [1.807, 2.05) is 0 Å². The van der Waals surface area contributed by atoms with E-state index in [0.717, 1.165) is 18.2 Å². The van der Waals surface area contributed by atoms with Gasteiger partial charge in [-0.25, -0.2) is 13.5 Å². The lowest BCUT2D eigenvalue weighted by molar-refractivity contribution is 0.0843. The van der Waals surface area contributed by atoms with Gasteiger partial charge in [0.15, 0.2) is 5.69 Å². The van der Waals surface area contributed by atoms with Crippen molar-refractivity contribution < 1.29 is 22.7 Å². The zero-order chi connectivity index (χ0) is 23.3. The molecule has 2 aromatic carbocycles. The minimum Gasteiger partial charge on any atom is -0.495 e. The highest BCUT2D eigenvalue weighted by Gasteiger charge is 2.22. The SMILES string of the molecule is COc1ccccc1NS(=O)(=O)c1cc(C(=O)NNC(=O)c2ccc(=O)[nH]n2)ccc1Cl. The van der Waals surface area contributed by atoms with Crippen LogP contribution < -0.4 is 25.9 Å². The maximum atomic E-state index is 12.9. The maximum Gasteiger partial charge on any atom is 0.290 e. The first-order chi connectivity index (χ1) is 15.2. The number of aromatic nitrogens is 2. The molecule has 0 saturated heterocycles. The van der Waals surface area contributed by atoms with Crippen LogP contribution in [0.1, 0.15) is 20.8 Å². The fourth-order valence-corrected chi connectivity index (χ4v) is 4.10. The zero-order valence-corrected chi connectivity index (χ0v) is 18.0. The van der Waals surface area contributed by atoms with Crippen molar-refractivity contribution in [3.05, 3.63) is 81.2 Å². The van der Waals surface area contributed by atoms with Crippen molar-refractivity contribution in [2.75, 3.05) is 11.8 Å². The summed E-state index contributed by atoms with van der Waals surface area (Å²) >= 11 is 6.06. The van der Waals surface area contributed by atoms with Gasteiger partial charge < -0.3 is 4.74 Å². The fraction of sp³-hybridized carbons (Fsp3) is 0.0526. The number of nitrogens with zero attached hydrogens (tertiary/aromatic N) is 1. The van der Waals surface area contributed by atoms with Crippen LogP contribution in [0.25, 0.3) is 0 Å². The van der Waals surface area contributed by atoms with Gasteiger partial charge in [0.25, 0.3) is 27.4 Å². The van der Waals surface area contributed by atoms with E-state index in [1.165, 1.54) is 25.3 Å². The van der Waals surface area contributed by atoms with Gasteiger partial charge >= 0.3 is 0 Å². The van der Waals surface area contributed by atoms with Crippen molar-refractivity contribution in [1.82, 2.24) is 21.0 Å². The Hall–Kier alpha value is -3.90. The number of aromatic amines is 1. The molecule has 0 unspecified atom stereocenters. The first-order valence-corrected chi connectivity index (χ1v) is 10.7. The Morgan fingerprint density at radius 2 is 1.75 bits per heavy atom. The lowest BCUT2D eigenvalue weighted by atomic mass is 10.2. The molecule has 0 aliphatic carbocycles. The Kier molecular flexibility index (Phi) is 6.76. The molecule has 11 nitrogen and oxygen atoms in total. The van der Waals surface area contributed by atoms with Crippen LogP contribution in [-0.4, -0.2) is 37.5 Å². The predicted octanol–water partition coefficient (Wildman–Crippen LogP) is 1.31. The third-order valence-electron chi connectivity index (χ3n) is 4.04. The molecule has 0 aliphatic rings. The van der Waals surface area contributed by atoms with Crippen molar-refractivity contribution in [2.24, 2.45) is 0 Å². The average Bonchev–Trinajstić information content (AvgIpc) is 2.78. The molecule has 1 aromatic heterocycles. The number of halogens is 1. The standard InChI is InChI=1S/C19H16ClN5O6S/c1-31-15-5-3-2-4-13(15)25-32(29,30)16-10-11(6-7-12(16)20)18(27)23-24-19(28)14-8-9-17(26)22-21-14/h2-10,25H,1H3,(H,22,26)(H,23,27)(H,24,28). The third-order valence-corrected chi connectivity index (χ3v) is 5.88. The normalized spacial score (nSPS) is 10.8. The van der Waals surface area contributed by atoms with Gasteiger partial charge in [-0.15, -0.1) is 0 Å². The van der Waals surface area contributed by atoms with E-state index in [9.17, 15) is 22.8 Å². The van der Waals surface area contributed by atoms with Crippen molar-refractivity contribution in [3.63, 3.8) is 0 Å². The Balaban J connectivity index is 1.78. The van der Waals surface area contributed by atoms with Gasteiger partial charge in [0.1, 0.15) is 10.6 Å². The second kappa shape index (κ2) is 9.49. The van der Waals surface area contributed by atoms with Crippen LogP contribution in [-0.2, 0) is 10.0 Å². The molecule has 3 aromatic rings. The van der Waals surface area contributed by atoms with Crippen molar-refractivity contribution in [1.29, 1.82) is 0 Å². The van der Waals surface area contributed by atoms with Gasteiger partial charge in [-0.05, 0) is 36.4 Å². The third kappa shape index (κ3) is 5.22. The molecule has 0 radical (unpaired) electrons. The van der Waals surface area contributed by atoms with Gasteiger partial charge in [-0.2, -0.15) is 5.10 Å². The zero-order valence-electron chi connectivity index (χ0n) is 16.4. The van der Waals surface area contributed by atoms with E-state index >= 15 is 0 Å². The highest BCUT2D eigenvalue weighted by Crippen LogP contribution is 2.29. The highest BCUT2D eigenvalue weighted by atomic mass is 35.5. The van der Waals surface area contributed by atoms with Gasteiger partial charge in [0, 0.05) is 11.6 Å². The molecule has 0 atom stereocenters. The summed E-state index contributed by atoms with van der Waals surface area (Å²) in [6, 6.07) is 12.2. The predicted molar refractivity (Wildman–Crippen MR) is 115 cm³/mol. The van der Waals surface area contributed by atoms with Gasteiger partial charge in [-0.1, -0.05) is 23.7 Å². The molecule has 0 aliphatic heterocycles. The summed E-state index contributed by atoms with van der Waals surface area (Å²) < 4.78 is 33.2. The number of ether oxygens (including phenoxy) is 1. The number of nitrogens with one attached hydrogen (secondary N) is 4. The Morgan fingerprint density at radius 3 is 2.44 bits per heavy atom. The smallest absolute Gasteiger partial charge is 0.290 e. The fourth-order valence-electron chi connectivity index (χ4n) is 2.50. The number of sulfonamides is 1. The molecule has 1 heterocycles. The topological polar surface area (TPSA) is 159 Å². The first-order valence-electron chi connectivity index (χ1n) is 8.83. The molecular formula is C19H16ClN5O6S. The molecule has 0 saturated carbocycles. The van der Waals surface area contributed by atoms with E-state index in [0.29, 0.717) is 5.75 Å². The Labute approximate surface area is 186 Å². The largest absolute Gasteiger partial charge is 0.495 e. The number of methoxy groups -OCH3 is 1. The number of hydrogen-bond donors (Lipinski definition) is 4. The quantitative estimate of drug-likeness (QED) is 0.389. The van der Waals surface area contributed by atoms with Crippen LogP contribution in [0.2, 0.25) is 5.02 Å². The number of H-pyrrole nitrogens is 1. The van der Waals surface area contributed by atoms with Gasteiger partial charge in [0.05, 0.1) is 17.8 Å². The summed E-state index contributed by atoms with van der Waals surface area (Å²) in [6.45, 7) is 0. The summed E-state index contributed by atoms with van der Waals surface area (Å²) in [6.07, 6.45) is 0. The number of amides is 2. The molecule has 3 rings (SSSR count). The molecule has 166 valence electrons. The van der Waals surface area contributed by atoms with Gasteiger partial charge in [-0.3, -0.25) is 30.0 Å². The minimum atomic E-state index is -4.18. The van der Waals surface area contributed by atoms with Crippen molar-refractivity contribution in [3.8, 4) is 5.75 Å². The molecule has 0 bridgehead atoms. The van der Waals surface area contributed by atoms with E-state index in [-0.39, 0.29) is 26.9 Å². The molecule has 0 fully saturated rings. The number of rotatable bonds is 6. The Morgan fingerprint density at radius 1 is 1.03 bits per heavy atom. The van der Waals surface area contributed by atoms with E-state index in [4.69, 9.17) is 16.3 Å². The number of benzene rings is 2. The van der Waals surface area contributed by atoms with Crippen LogP contribution in [0, 0.1) is 0 Å². The number of carbonyl (C=O) groups is 2. The molecule has 2 amide bonds. The van der Waals surface area contributed by atoms with Gasteiger partial charge in [0.2, 0.25) is 0 Å². The molecule has 4 N–H and O–H groups in total. The molecule has 32 heavy (non-hydrogen) atoms. The molecule has 13 heteroatoms. The highest BCUT2D eigenvalue weighted by molar-refractivity contribution is 7.92. The molecular weight excluding hydrogens is 462 g/mol. The number of para-hydroxylation sites is 2. The van der Waals surface area contributed by atoms with Crippen molar-refractivity contribution in [2.45, 2.75) is 4.90 Å². The molecule has 0 spiro atoms. The lowest BCUT2D eigenvalue weighted by Crippen LogP contribution is -2.42. The summed E-state index contributed by atoms with van der Waals surface area (Å²) in [5.74, 6) is -1.32. The monoisotopic (exact) mass is 477 g/mol. The van der Waals surface area contributed by atoms with Crippen LogP contribution >= 0.6 is 11.6 Å². The summed E-state index contributed by atoms with van der Waals surface area (Å²) in [5.41, 5.74) is 3.68. The second-order valence-electron chi connectivity index (χ2n) is 6.17. The summed E-state index contributed by atoms with van der Waals surface area (Å²) in [4.78, 5) is 35.0. The van der Waals surface area contributed by atoms with Crippen molar-refractivity contribution >= 4 is 39.1 Å². The average molecular weight is 478 g/mol. The van der Waals surface area contributed by atoms with Crippen LogP contribution in [0.5, 0.6) is 5.75 Å². The minimum absolute atomic E-state index is 0.0930. The number of anilines is 1. The summed E-state index contributed by atoms with van der Waals surface area (Å²) in [5, 5.41) is 5.49. The van der Waals surface area contributed by atoms with E-state index in [2.05, 4.69) is 25.8 Å². The van der Waals surface area contributed by atoms with Crippen LogP contribution in [0.3, 0.4) is 0 Å². The number of hydrogen-bond acceptors (Lipinski definition) is 7. The first kappa shape index (κ1) is 22.8. The van der Waals surface area contributed by atoms with E-state index in [1.54, 1.807) is 18.2 Å². The summed E-state index contributed by atoms with van der Waals surface area (Å²) in [7, 11) is -2.79. The maximum absolute atomic E-state index is 12.9. The lowest BCUT2D eigenvalue weighted by Gasteiger charge is -2.13.